The molecular formula is C20H22Cl2N4OS. The van der Waals surface area contributed by atoms with Crippen LogP contribution in [-0.2, 0) is 5.66 Å². The van der Waals surface area contributed by atoms with Crippen molar-refractivity contribution in [3.8, 4) is 0 Å². The normalized spacial score (nSPS) is 19.2. The number of thioether (sulfide) groups is 1. The summed E-state index contributed by atoms with van der Waals surface area (Å²) in [7, 11) is 0. The molecule has 1 heterocycles. The number of rotatable bonds is 6. The standard InChI is InChI=1S/C20H22Cl2N4OS/c1-28-19-25-13-15(12-24-18-16(21)8-5-9-17(18)22)20(23,26(19)10-11-27)14-6-3-2-4-7-14/h2-9,13,24,27H,10-12,23H2,1H3. The summed E-state index contributed by atoms with van der Waals surface area (Å²) in [5.74, 6) is 0. The van der Waals surface area contributed by atoms with Gasteiger partial charge < -0.3 is 21.1 Å². The van der Waals surface area contributed by atoms with E-state index < -0.39 is 5.66 Å². The largest absolute Gasteiger partial charge is 0.395 e. The minimum atomic E-state index is -0.967. The van der Waals surface area contributed by atoms with Crippen molar-refractivity contribution in [3.63, 3.8) is 0 Å². The van der Waals surface area contributed by atoms with E-state index in [-0.39, 0.29) is 6.61 Å². The SMILES string of the molecule is CSC1=NC=C(CNc2c(Cl)cccc2Cl)C(N)(c2ccccc2)N1CCO. The van der Waals surface area contributed by atoms with Gasteiger partial charge in [0.2, 0.25) is 0 Å². The minimum Gasteiger partial charge on any atom is -0.395 e. The van der Waals surface area contributed by atoms with Crippen LogP contribution in [0.25, 0.3) is 0 Å². The first-order valence-electron chi connectivity index (χ1n) is 8.74. The third kappa shape index (κ3) is 4.02. The van der Waals surface area contributed by atoms with Crippen molar-refractivity contribution in [2.24, 2.45) is 10.7 Å². The molecule has 8 heteroatoms. The highest BCUT2D eigenvalue weighted by Gasteiger charge is 2.41. The van der Waals surface area contributed by atoms with E-state index in [1.165, 1.54) is 11.8 Å². The first kappa shape index (κ1) is 21.0. The number of β-amino-alcohol motifs (C(OH)–C–C–N with tert-alkyl or cyclic N) is 1. The van der Waals surface area contributed by atoms with Crippen LogP contribution >= 0.6 is 35.0 Å². The lowest BCUT2D eigenvalue weighted by Gasteiger charge is -2.46. The van der Waals surface area contributed by atoms with E-state index >= 15 is 0 Å². The molecule has 4 N–H and O–H groups in total. The molecule has 28 heavy (non-hydrogen) atoms. The zero-order valence-corrected chi connectivity index (χ0v) is 17.7. The van der Waals surface area contributed by atoms with E-state index in [1.54, 1.807) is 24.4 Å². The lowest BCUT2D eigenvalue weighted by molar-refractivity contribution is 0.170. The number of hydrogen-bond acceptors (Lipinski definition) is 6. The summed E-state index contributed by atoms with van der Waals surface area (Å²) in [6.07, 6.45) is 3.72. The number of amidine groups is 1. The Hall–Kier alpha value is -1.70. The van der Waals surface area contributed by atoms with E-state index in [0.29, 0.717) is 28.8 Å². The van der Waals surface area contributed by atoms with Gasteiger partial charge in [-0.15, -0.1) is 0 Å². The summed E-state index contributed by atoms with van der Waals surface area (Å²) in [5.41, 5.74) is 8.43. The molecule has 2 aromatic carbocycles. The highest BCUT2D eigenvalue weighted by Crippen LogP contribution is 2.37. The molecule has 1 aliphatic heterocycles. The first-order valence-corrected chi connectivity index (χ1v) is 10.7. The molecule has 0 aliphatic carbocycles. The van der Waals surface area contributed by atoms with Crippen LogP contribution in [0.15, 0.2) is 65.3 Å². The van der Waals surface area contributed by atoms with E-state index in [2.05, 4.69) is 10.3 Å². The number of anilines is 1. The monoisotopic (exact) mass is 436 g/mol. The first-order chi connectivity index (χ1) is 13.5. The molecule has 0 aromatic heterocycles. The van der Waals surface area contributed by atoms with Gasteiger partial charge in [-0.05, 0) is 24.0 Å². The van der Waals surface area contributed by atoms with Crippen molar-refractivity contribution in [2.75, 3.05) is 31.3 Å². The van der Waals surface area contributed by atoms with Crippen molar-refractivity contribution in [1.82, 2.24) is 4.90 Å². The van der Waals surface area contributed by atoms with Gasteiger partial charge in [-0.3, -0.25) is 0 Å². The molecule has 0 spiro atoms. The third-order valence-corrected chi connectivity index (χ3v) is 5.94. The Morgan fingerprint density at radius 1 is 1.14 bits per heavy atom. The van der Waals surface area contributed by atoms with E-state index in [1.807, 2.05) is 41.5 Å². The van der Waals surface area contributed by atoms with Gasteiger partial charge in [-0.25, -0.2) is 4.99 Å². The lowest BCUT2D eigenvalue weighted by atomic mass is 9.89. The molecule has 0 fully saturated rings. The number of aliphatic hydroxyl groups excluding tert-OH is 1. The van der Waals surface area contributed by atoms with Crippen LogP contribution in [0, 0.1) is 0 Å². The Morgan fingerprint density at radius 3 is 2.43 bits per heavy atom. The molecule has 0 bridgehead atoms. The second kappa shape index (κ2) is 9.20. The maximum absolute atomic E-state index is 9.65. The van der Waals surface area contributed by atoms with Crippen LogP contribution in [0.2, 0.25) is 10.0 Å². The Morgan fingerprint density at radius 2 is 1.82 bits per heavy atom. The van der Waals surface area contributed by atoms with Crippen LogP contribution in [0.1, 0.15) is 5.56 Å². The van der Waals surface area contributed by atoms with Crippen molar-refractivity contribution in [3.05, 3.63) is 75.9 Å². The fraction of sp³-hybridized carbons (Fsp3) is 0.250. The van der Waals surface area contributed by atoms with Gasteiger partial charge in [-0.1, -0.05) is 71.4 Å². The molecule has 1 aliphatic rings. The predicted molar refractivity (Wildman–Crippen MR) is 120 cm³/mol. The molecule has 148 valence electrons. The molecule has 0 saturated heterocycles. The topological polar surface area (TPSA) is 73.9 Å². The van der Waals surface area contributed by atoms with Crippen LogP contribution in [0.3, 0.4) is 0 Å². The maximum atomic E-state index is 9.65. The number of nitrogens with one attached hydrogen (secondary N) is 1. The van der Waals surface area contributed by atoms with E-state index in [0.717, 1.165) is 16.3 Å². The molecule has 1 unspecified atom stereocenters. The number of para-hydroxylation sites is 1. The zero-order chi connectivity index (χ0) is 20.1. The fourth-order valence-corrected chi connectivity index (χ4v) is 4.37. The summed E-state index contributed by atoms with van der Waals surface area (Å²) in [6, 6.07) is 15.1. The van der Waals surface area contributed by atoms with E-state index in [9.17, 15) is 5.11 Å². The minimum absolute atomic E-state index is 0.0393. The van der Waals surface area contributed by atoms with Gasteiger partial charge in [0.15, 0.2) is 5.17 Å². The Bertz CT molecular complexity index is 871. The Kier molecular flexibility index (Phi) is 6.91. The highest BCUT2D eigenvalue weighted by molar-refractivity contribution is 8.13. The summed E-state index contributed by atoms with van der Waals surface area (Å²) in [6.45, 7) is 0.708. The molecule has 1 atom stereocenters. The fourth-order valence-electron chi connectivity index (χ4n) is 3.22. The quantitative estimate of drug-likeness (QED) is 0.634. The zero-order valence-electron chi connectivity index (χ0n) is 15.4. The summed E-state index contributed by atoms with van der Waals surface area (Å²) < 4.78 is 0. The number of benzene rings is 2. The van der Waals surface area contributed by atoms with Gasteiger partial charge in [0.05, 0.1) is 22.3 Å². The van der Waals surface area contributed by atoms with Crippen molar-refractivity contribution in [2.45, 2.75) is 5.66 Å². The van der Waals surface area contributed by atoms with Crippen LogP contribution in [0.4, 0.5) is 5.69 Å². The lowest BCUT2D eigenvalue weighted by Crippen LogP contribution is -2.59. The third-order valence-electron chi connectivity index (χ3n) is 4.62. The Labute approximate surface area is 179 Å². The number of hydrogen-bond donors (Lipinski definition) is 3. The van der Waals surface area contributed by atoms with Crippen molar-refractivity contribution < 1.29 is 5.11 Å². The van der Waals surface area contributed by atoms with Crippen molar-refractivity contribution in [1.29, 1.82) is 0 Å². The smallest absolute Gasteiger partial charge is 0.165 e. The van der Waals surface area contributed by atoms with Crippen LogP contribution in [-0.4, -0.2) is 41.1 Å². The van der Waals surface area contributed by atoms with Crippen molar-refractivity contribution >= 4 is 45.8 Å². The molecule has 0 saturated carbocycles. The van der Waals surface area contributed by atoms with Gasteiger partial charge in [0.1, 0.15) is 5.66 Å². The van der Waals surface area contributed by atoms with Gasteiger partial charge in [0.25, 0.3) is 0 Å². The number of nitrogens with two attached hydrogens (primary N) is 1. The molecule has 2 aromatic rings. The Balaban J connectivity index is 2.01. The number of aliphatic hydroxyl groups is 1. The molecule has 0 radical (unpaired) electrons. The molecule has 0 amide bonds. The van der Waals surface area contributed by atoms with Crippen LogP contribution in [0.5, 0.6) is 0 Å². The molecule has 5 nitrogen and oxygen atoms in total. The summed E-state index contributed by atoms with van der Waals surface area (Å²) in [4.78, 5) is 6.48. The second-order valence-electron chi connectivity index (χ2n) is 6.23. The van der Waals surface area contributed by atoms with Gasteiger partial charge in [0, 0.05) is 24.9 Å². The average molecular weight is 437 g/mol. The second-order valence-corrected chi connectivity index (χ2v) is 7.82. The summed E-state index contributed by atoms with van der Waals surface area (Å²) in [5, 5.41) is 14.8. The van der Waals surface area contributed by atoms with E-state index in [4.69, 9.17) is 28.9 Å². The number of halogens is 2. The number of aliphatic imine (C=N–C) groups is 1. The van der Waals surface area contributed by atoms with Gasteiger partial charge in [-0.2, -0.15) is 0 Å². The van der Waals surface area contributed by atoms with Gasteiger partial charge >= 0.3 is 0 Å². The average Bonchev–Trinajstić information content (AvgIpc) is 2.71. The number of nitrogens with zero attached hydrogens (tertiary/aromatic N) is 2. The summed E-state index contributed by atoms with van der Waals surface area (Å²) >= 11 is 14.1. The molecular weight excluding hydrogens is 415 g/mol. The van der Waals surface area contributed by atoms with Crippen LogP contribution < -0.4 is 11.1 Å². The predicted octanol–water partition coefficient (Wildman–Crippen LogP) is 4.13. The molecule has 3 rings (SSSR count). The highest BCUT2D eigenvalue weighted by atomic mass is 35.5. The maximum Gasteiger partial charge on any atom is 0.165 e.